The fraction of sp³-hybridized carbons (Fsp3) is 0.500. The molecule has 0 aliphatic carbocycles. The lowest BCUT2D eigenvalue weighted by molar-refractivity contribution is 0.222. The van der Waals surface area contributed by atoms with Crippen molar-refractivity contribution >= 4 is 37.6 Å². The van der Waals surface area contributed by atoms with E-state index in [4.69, 9.17) is 16.3 Å². The van der Waals surface area contributed by atoms with E-state index in [0.717, 1.165) is 0 Å². The van der Waals surface area contributed by atoms with Crippen LogP contribution < -0.4 is 4.74 Å². The highest BCUT2D eigenvalue weighted by Gasteiger charge is 2.31. The van der Waals surface area contributed by atoms with Gasteiger partial charge in [-0.1, -0.05) is 11.6 Å². The van der Waals surface area contributed by atoms with Crippen LogP contribution in [0.3, 0.4) is 0 Å². The molecule has 0 N–H and O–H groups in total. The van der Waals surface area contributed by atoms with Crippen molar-refractivity contribution in [2.75, 3.05) is 40.3 Å². The number of benzene rings is 1. The average molecular weight is 384 g/mol. The van der Waals surface area contributed by atoms with Gasteiger partial charge in [0.25, 0.3) is 0 Å². The van der Waals surface area contributed by atoms with E-state index in [1.165, 1.54) is 17.5 Å². The number of sulfonamides is 1. The molecular formula is C12H16BrClN2O3S. The van der Waals surface area contributed by atoms with Gasteiger partial charge in [-0.05, 0) is 35.1 Å². The Bertz CT molecular complexity index is 601. The molecule has 0 atom stereocenters. The van der Waals surface area contributed by atoms with Crippen LogP contribution in [0, 0.1) is 0 Å². The molecule has 5 nitrogen and oxygen atoms in total. The normalized spacial score (nSPS) is 18.2. The van der Waals surface area contributed by atoms with E-state index in [1.807, 2.05) is 7.05 Å². The number of halogens is 2. The predicted octanol–water partition coefficient (Wildman–Crippen LogP) is 2.05. The molecule has 0 spiro atoms. The first kappa shape index (κ1) is 16.0. The molecule has 1 aliphatic rings. The molecule has 0 aromatic heterocycles. The Kier molecular flexibility index (Phi) is 4.96. The van der Waals surface area contributed by atoms with Crippen LogP contribution in [0.5, 0.6) is 5.75 Å². The standard InChI is InChI=1S/C12H16BrClN2O3S/c1-15-3-5-16(6-4-15)20(17,18)11-8-9(14)7-10(13)12(11)19-2/h7-8H,3-6H2,1-2H3. The molecule has 2 rings (SSSR count). The molecular weight excluding hydrogens is 368 g/mol. The van der Waals surface area contributed by atoms with Crippen LogP contribution in [-0.2, 0) is 10.0 Å². The fourth-order valence-electron chi connectivity index (χ4n) is 2.09. The molecule has 0 radical (unpaired) electrons. The molecule has 8 heteroatoms. The second kappa shape index (κ2) is 6.19. The number of nitrogens with zero attached hydrogens (tertiary/aromatic N) is 2. The zero-order valence-corrected chi connectivity index (χ0v) is 14.4. The smallest absolute Gasteiger partial charge is 0.246 e. The molecule has 0 unspecified atom stereocenters. The number of ether oxygens (including phenoxy) is 1. The van der Waals surface area contributed by atoms with Crippen LogP contribution in [0.1, 0.15) is 0 Å². The molecule has 20 heavy (non-hydrogen) atoms. The van der Waals surface area contributed by atoms with E-state index in [9.17, 15) is 8.42 Å². The first-order chi connectivity index (χ1) is 9.36. The van der Waals surface area contributed by atoms with Crippen molar-refractivity contribution in [3.63, 3.8) is 0 Å². The van der Waals surface area contributed by atoms with Gasteiger partial charge in [0.15, 0.2) is 5.75 Å². The topological polar surface area (TPSA) is 49.9 Å². The minimum absolute atomic E-state index is 0.101. The van der Waals surface area contributed by atoms with E-state index < -0.39 is 10.0 Å². The number of hydrogen-bond acceptors (Lipinski definition) is 4. The Balaban J connectivity index is 2.44. The molecule has 1 aromatic carbocycles. The van der Waals surface area contributed by atoms with Crippen molar-refractivity contribution in [3.8, 4) is 5.75 Å². The van der Waals surface area contributed by atoms with Crippen molar-refractivity contribution in [1.82, 2.24) is 9.21 Å². The predicted molar refractivity (Wildman–Crippen MR) is 82.0 cm³/mol. The van der Waals surface area contributed by atoms with Gasteiger partial charge in [0.2, 0.25) is 10.0 Å². The molecule has 0 saturated carbocycles. The second-order valence-electron chi connectivity index (χ2n) is 4.63. The van der Waals surface area contributed by atoms with Crippen LogP contribution >= 0.6 is 27.5 Å². The van der Waals surface area contributed by atoms with Gasteiger partial charge in [0, 0.05) is 31.2 Å². The van der Waals surface area contributed by atoms with E-state index >= 15 is 0 Å². The summed E-state index contributed by atoms with van der Waals surface area (Å²) in [5.74, 6) is 0.285. The van der Waals surface area contributed by atoms with Gasteiger partial charge >= 0.3 is 0 Å². The van der Waals surface area contributed by atoms with Crippen molar-refractivity contribution in [3.05, 3.63) is 21.6 Å². The maximum absolute atomic E-state index is 12.7. The summed E-state index contributed by atoms with van der Waals surface area (Å²) in [7, 11) is -0.192. The highest BCUT2D eigenvalue weighted by Crippen LogP contribution is 2.36. The Labute approximate surface area is 132 Å². The van der Waals surface area contributed by atoms with Crippen LogP contribution in [-0.4, -0.2) is 58.0 Å². The minimum Gasteiger partial charge on any atom is -0.494 e. The monoisotopic (exact) mass is 382 g/mol. The van der Waals surface area contributed by atoms with Gasteiger partial charge in [0.1, 0.15) is 4.90 Å². The van der Waals surface area contributed by atoms with Crippen molar-refractivity contribution in [2.24, 2.45) is 0 Å². The van der Waals surface area contributed by atoms with Gasteiger partial charge < -0.3 is 9.64 Å². The third kappa shape index (κ3) is 3.12. The SMILES string of the molecule is COc1c(Br)cc(Cl)cc1S(=O)(=O)N1CCN(C)CC1. The molecule has 1 aromatic rings. The molecule has 1 fully saturated rings. The molecule has 1 heterocycles. The van der Waals surface area contributed by atoms with Crippen LogP contribution in [0.4, 0.5) is 0 Å². The number of methoxy groups -OCH3 is 1. The summed E-state index contributed by atoms with van der Waals surface area (Å²) in [5, 5.41) is 0.352. The number of rotatable bonds is 3. The van der Waals surface area contributed by atoms with Crippen molar-refractivity contribution < 1.29 is 13.2 Å². The summed E-state index contributed by atoms with van der Waals surface area (Å²) in [4.78, 5) is 2.20. The zero-order valence-electron chi connectivity index (χ0n) is 11.3. The largest absolute Gasteiger partial charge is 0.494 e. The second-order valence-corrected chi connectivity index (χ2v) is 7.82. The Morgan fingerprint density at radius 2 is 1.85 bits per heavy atom. The fourth-order valence-corrected chi connectivity index (χ4v) is 4.89. The van der Waals surface area contributed by atoms with E-state index in [-0.39, 0.29) is 10.6 Å². The van der Waals surface area contributed by atoms with Crippen LogP contribution in [0.15, 0.2) is 21.5 Å². The third-order valence-electron chi connectivity index (χ3n) is 3.26. The average Bonchev–Trinajstić information content (AvgIpc) is 2.38. The van der Waals surface area contributed by atoms with E-state index in [1.54, 1.807) is 6.07 Å². The number of likely N-dealkylation sites (N-methyl/N-ethyl adjacent to an activating group) is 1. The highest BCUT2D eigenvalue weighted by molar-refractivity contribution is 9.10. The van der Waals surface area contributed by atoms with Crippen molar-refractivity contribution in [1.29, 1.82) is 0 Å². The van der Waals surface area contributed by atoms with E-state index in [2.05, 4.69) is 20.8 Å². The molecule has 112 valence electrons. The Morgan fingerprint density at radius 1 is 1.25 bits per heavy atom. The summed E-state index contributed by atoms with van der Waals surface area (Å²) in [6.07, 6.45) is 0. The molecule has 0 amide bonds. The van der Waals surface area contributed by atoms with Crippen LogP contribution in [0.25, 0.3) is 0 Å². The summed E-state index contributed by atoms with van der Waals surface area (Å²) in [5.41, 5.74) is 0. The Morgan fingerprint density at radius 3 is 2.40 bits per heavy atom. The van der Waals surface area contributed by atoms with Gasteiger partial charge in [-0.15, -0.1) is 0 Å². The van der Waals surface area contributed by atoms with Gasteiger partial charge in [0.05, 0.1) is 11.6 Å². The first-order valence-corrected chi connectivity index (χ1v) is 8.69. The Hall–Kier alpha value is -0.340. The zero-order chi connectivity index (χ0) is 14.9. The molecule has 0 bridgehead atoms. The third-order valence-corrected chi connectivity index (χ3v) is 5.97. The summed E-state index contributed by atoms with van der Waals surface area (Å²) in [6.45, 7) is 2.35. The lowest BCUT2D eigenvalue weighted by atomic mass is 10.3. The summed E-state index contributed by atoms with van der Waals surface area (Å²) < 4.78 is 32.7. The molecule has 1 saturated heterocycles. The number of hydrogen-bond donors (Lipinski definition) is 0. The minimum atomic E-state index is -3.61. The van der Waals surface area contributed by atoms with Gasteiger partial charge in [-0.3, -0.25) is 0 Å². The van der Waals surface area contributed by atoms with Gasteiger partial charge in [-0.2, -0.15) is 4.31 Å². The maximum Gasteiger partial charge on any atom is 0.246 e. The quantitative estimate of drug-likeness (QED) is 0.801. The van der Waals surface area contributed by atoms with Crippen molar-refractivity contribution in [2.45, 2.75) is 4.90 Å². The molecule has 1 aliphatic heterocycles. The number of piperazine rings is 1. The summed E-state index contributed by atoms with van der Waals surface area (Å²) in [6, 6.07) is 3.04. The first-order valence-electron chi connectivity index (χ1n) is 6.08. The highest BCUT2D eigenvalue weighted by atomic mass is 79.9. The van der Waals surface area contributed by atoms with E-state index in [0.29, 0.717) is 35.7 Å². The maximum atomic E-state index is 12.7. The lowest BCUT2D eigenvalue weighted by Crippen LogP contribution is -2.47. The van der Waals surface area contributed by atoms with Gasteiger partial charge in [-0.25, -0.2) is 8.42 Å². The lowest BCUT2D eigenvalue weighted by Gasteiger charge is -2.32. The summed E-state index contributed by atoms with van der Waals surface area (Å²) >= 11 is 9.25. The van der Waals surface area contributed by atoms with Crippen LogP contribution in [0.2, 0.25) is 5.02 Å².